The van der Waals surface area contributed by atoms with E-state index in [-0.39, 0.29) is 37.2 Å². The number of nitrogens with zero attached hydrogens (tertiary/aromatic N) is 2. The zero-order chi connectivity index (χ0) is 32.7. The normalized spacial score (nSPS) is 25.5. The van der Waals surface area contributed by atoms with Crippen molar-refractivity contribution in [3.8, 4) is 11.5 Å². The Balaban J connectivity index is 1.04. The first-order valence-corrected chi connectivity index (χ1v) is 18.1. The fraction of sp³-hybridized carbons (Fsp3) is 0.541. The summed E-state index contributed by atoms with van der Waals surface area (Å²) in [6.07, 6.45) is 6.68. The zero-order valence-corrected chi connectivity index (χ0v) is 28.9. The first-order chi connectivity index (χ1) is 22.7. The molecule has 10 heteroatoms. The van der Waals surface area contributed by atoms with E-state index in [1.165, 1.54) is 6.42 Å². The summed E-state index contributed by atoms with van der Waals surface area (Å²) in [4.78, 5) is 34.8. The van der Waals surface area contributed by atoms with Crippen LogP contribution in [0, 0.1) is 17.8 Å². The van der Waals surface area contributed by atoms with Crippen molar-refractivity contribution >= 4 is 34.9 Å². The molecule has 5 atom stereocenters. The molecule has 8 nitrogen and oxygen atoms in total. The second-order valence-corrected chi connectivity index (χ2v) is 15.6. The number of hydrogen-bond acceptors (Lipinski definition) is 9. The van der Waals surface area contributed by atoms with Crippen LogP contribution in [-0.4, -0.2) is 53.9 Å². The molecule has 2 saturated carbocycles. The van der Waals surface area contributed by atoms with Crippen LogP contribution in [0.15, 0.2) is 48.7 Å². The summed E-state index contributed by atoms with van der Waals surface area (Å²) in [5.74, 6) is 2.95. The van der Waals surface area contributed by atoms with Crippen molar-refractivity contribution in [1.29, 1.82) is 0 Å². The van der Waals surface area contributed by atoms with Gasteiger partial charge in [0.1, 0.15) is 23.0 Å². The molecule has 47 heavy (non-hydrogen) atoms. The molecule has 2 aliphatic heterocycles. The van der Waals surface area contributed by atoms with E-state index in [4.69, 9.17) is 35.5 Å². The smallest absolute Gasteiger partial charge is 0.454 e. The summed E-state index contributed by atoms with van der Waals surface area (Å²) in [5.41, 5.74) is 1.46. The number of halogens is 1. The molecule has 4 aliphatic rings. The Morgan fingerprint density at radius 3 is 2.68 bits per heavy atom. The van der Waals surface area contributed by atoms with Gasteiger partial charge in [-0.05, 0) is 79.2 Å². The third kappa shape index (κ3) is 6.76. The van der Waals surface area contributed by atoms with Gasteiger partial charge in [-0.3, -0.25) is 9.69 Å². The number of ketones is 1. The van der Waals surface area contributed by atoms with E-state index in [0.717, 1.165) is 59.0 Å². The molecule has 2 aliphatic carbocycles. The van der Waals surface area contributed by atoms with Crippen molar-refractivity contribution in [2.75, 3.05) is 19.9 Å². The highest BCUT2D eigenvalue weighted by molar-refractivity contribution is 7.11. The molecular weight excluding hydrogens is 636 g/mol. The van der Waals surface area contributed by atoms with Gasteiger partial charge in [-0.2, -0.15) is 0 Å². The lowest BCUT2D eigenvalue weighted by atomic mass is 9.75. The predicted molar refractivity (Wildman–Crippen MR) is 180 cm³/mol. The molecule has 1 saturated heterocycles. The van der Waals surface area contributed by atoms with E-state index in [9.17, 15) is 9.59 Å². The van der Waals surface area contributed by atoms with Crippen LogP contribution in [0.2, 0.25) is 5.02 Å². The monoisotopic (exact) mass is 678 g/mol. The van der Waals surface area contributed by atoms with Crippen molar-refractivity contribution in [3.63, 3.8) is 0 Å². The Morgan fingerprint density at radius 1 is 1.09 bits per heavy atom. The Labute approximate surface area is 285 Å². The van der Waals surface area contributed by atoms with Crippen LogP contribution in [0.1, 0.15) is 86.3 Å². The molecule has 0 bridgehead atoms. The molecule has 0 radical (unpaired) electrons. The maximum atomic E-state index is 13.7. The van der Waals surface area contributed by atoms with Crippen molar-refractivity contribution in [2.45, 2.75) is 89.4 Å². The van der Waals surface area contributed by atoms with Crippen LogP contribution in [-0.2, 0) is 26.1 Å². The molecule has 3 fully saturated rings. The summed E-state index contributed by atoms with van der Waals surface area (Å²) in [6, 6.07) is 13.5. The number of likely N-dealkylation sites (tertiary alicyclic amines) is 1. The van der Waals surface area contributed by atoms with E-state index < -0.39 is 11.6 Å². The van der Waals surface area contributed by atoms with Gasteiger partial charge in [0.25, 0.3) is 0 Å². The van der Waals surface area contributed by atoms with E-state index in [0.29, 0.717) is 41.5 Å². The Bertz CT molecular complexity index is 1620. The molecule has 3 aromatic rings. The molecule has 0 amide bonds. The van der Waals surface area contributed by atoms with Crippen LogP contribution >= 0.6 is 22.9 Å². The average Bonchev–Trinajstić information content (AvgIpc) is 3.32. The molecule has 3 heterocycles. The summed E-state index contributed by atoms with van der Waals surface area (Å²) in [7, 11) is 0. The first kappa shape index (κ1) is 32.4. The standard InChI is InChI=1S/C37H43ClN2O6S/c1-22(2)26-10-8-23(3)16-30(26)46-36(42)45-25-12-15-40(20-25)35(27-6-4-5-7-28(27)38)32-19-39-34(47-32)18-33(41)37(13-14-37)24-9-11-29-31(17-24)44-21-43-29/h4-7,9,11,17,19,22-23,25-26,30,35H,8,10,12-16,18,20-21H2,1-3H3/t23-,25+,26+,30-,35+/m0/s1. The minimum Gasteiger partial charge on any atom is -0.454 e. The van der Waals surface area contributed by atoms with E-state index in [2.05, 4.69) is 25.7 Å². The average molecular weight is 679 g/mol. The van der Waals surface area contributed by atoms with Crippen molar-refractivity contribution in [2.24, 2.45) is 17.8 Å². The SMILES string of the molecule is CC(C)[C@H]1CC[C@H](C)C[C@@H]1OC(=O)O[C@@H]1CCN([C@@H](c2cnc(CC(=O)C3(c4ccc5c(c4)OCO5)CC3)s2)c2ccccc2Cl)C1. The summed E-state index contributed by atoms with van der Waals surface area (Å²) >= 11 is 8.32. The van der Waals surface area contributed by atoms with Gasteiger partial charge in [0.2, 0.25) is 6.79 Å². The minimum atomic E-state index is -0.564. The third-order valence-electron chi connectivity index (χ3n) is 10.6. The van der Waals surface area contributed by atoms with Gasteiger partial charge in [0, 0.05) is 29.2 Å². The highest BCUT2D eigenvalue weighted by atomic mass is 35.5. The van der Waals surface area contributed by atoms with Gasteiger partial charge >= 0.3 is 6.16 Å². The number of Topliss-reactive ketones (excluding diaryl/α,β-unsaturated/α-hetero) is 1. The number of carbonyl (C=O) groups is 2. The highest BCUT2D eigenvalue weighted by Crippen LogP contribution is 2.52. The fourth-order valence-corrected chi connectivity index (χ4v) is 9.05. The Morgan fingerprint density at radius 2 is 1.89 bits per heavy atom. The van der Waals surface area contributed by atoms with Crippen LogP contribution < -0.4 is 9.47 Å². The number of carbonyl (C=O) groups excluding carboxylic acids is 2. The number of ether oxygens (including phenoxy) is 4. The number of hydrogen-bond donors (Lipinski definition) is 0. The lowest BCUT2D eigenvalue weighted by molar-refractivity contribution is -0.120. The summed E-state index contributed by atoms with van der Waals surface area (Å²) in [5, 5.41) is 1.45. The summed E-state index contributed by atoms with van der Waals surface area (Å²) in [6.45, 7) is 8.13. The van der Waals surface area contributed by atoms with Gasteiger partial charge in [-0.15, -0.1) is 11.3 Å². The van der Waals surface area contributed by atoms with E-state index >= 15 is 0 Å². The van der Waals surface area contributed by atoms with Gasteiger partial charge in [-0.25, -0.2) is 9.78 Å². The number of fused-ring (bicyclic) bond motifs is 1. The van der Waals surface area contributed by atoms with Crippen LogP contribution in [0.4, 0.5) is 4.79 Å². The van der Waals surface area contributed by atoms with Crippen molar-refractivity contribution in [1.82, 2.24) is 9.88 Å². The molecule has 7 rings (SSSR count). The molecule has 2 aromatic carbocycles. The van der Waals surface area contributed by atoms with Gasteiger partial charge < -0.3 is 18.9 Å². The number of benzene rings is 2. The molecule has 0 unspecified atom stereocenters. The minimum absolute atomic E-state index is 0.0993. The highest BCUT2D eigenvalue weighted by Gasteiger charge is 2.51. The molecular formula is C37H43ClN2O6S. The van der Waals surface area contributed by atoms with Gasteiger partial charge in [0.05, 0.1) is 17.9 Å². The fourth-order valence-electron chi connectivity index (χ4n) is 7.74. The number of thiazole rings is 1. The molecule has 0 N–H and O–H groups in total. The molecule has 1 aromatic heterocycles. The first-order valence-electron chi connectivity index (χ1n) is 16.9. The van der Waals surface area contributed by atoms with Crippen molar-refractivity contribution < 1.29 is 28.5 Å². The lowest BCUT2D eigenvalue weighted by Gasteiger charge is -2.36. The van der Waals surface area contributed by atoms with E-state index in [1.807, 2.05) is 48.7 Å². The van der Waals surface area contributed by atoms with Gasteiger partial charge in [0.15, 0.2) is 11.5 Å². The Hall–Kier alpha value is -3.14. The largest absolute Gasteiger partial charge is 0.508 e. The van der Waals surface area contributed by atoms with Crippen LogP contribution in [0.3, 0.4) is 0 Å². The summed E-state index contributed by atoms with van der Waals surface area (Å²) < 4.78 is 22.9. The number of rotatable bonds is 10. The second kappa shape index (κ2) is 13.4. The van der Waals surface area contributed by atoms with Crippen molar-refractivity contribution in [3.05, 3.63) is 74.7 Å². The van der Waals surface area contributed by atoms with E-state index in [1.54, 1.807) is 11.3 Å². The molecule has 250 valence electrons. The predicted octanol–water partition coefficient (Wildman–Crippen LogP) is 8.15. The zero-order valence-electron chi connectivity index (χ0n) is 27.3. The van der Waals surface area contributed by atoms with Gasteiger partial charge in [-0.1, -0.05) is 63.1 Å². The maximum absolute atomic E-state index is 13.7. The topological polar surface area (TPSA) is 87.2 Å². The van der Waals surface area contributed by atoms with Crippen LogP contribution in [0.25, 0.3) is 0 Å². The molecule has 0 spiro atoms. The lowest BCUT2D eigenvalue weighted by Crippen LogP contribution is -2.37. The third-order valence-corrected chi connectivity index (χ3v) is 12.0. The van der Waals surface area contributed by atoms with Crippen LogP contribution in [0.5, 0.6) is 11.5 Å². The number of aromatic nitrogens is 1. The maximum Gasteiger partial charge on any atom is 0.508 e. The Kier molecular flexibility index (Phi) is 9.24. The second-order valence-electron chi connectivity index (χ2n) is 14.1. The quantitative estimate of drug-likeness (QED) is 0.199.